The molecule has 2 heterocycles. The maximum atomic E-state index is 11.3. The van der Waals surface area contributed by atoms with Crippen molar-refractivity contribution in [1.29, 1.82) is 0 Å². The normalized spacial score (nSPS) is 24.0. The highest BCUT2D eigenvalue weighted by molar-refractivity contribution is 6.48. The Morgan fingerprint density at radius 2 is 2.04 bits per heavy atom. The van der Waals surface area contributed by atoms with Gasteiger partial charge in [0, 0.05) is 25.4 Å². The van der Waals surface area contributed by atoms with Gasteiger partial charge in [-0.1, -0.05) is 18.6 Å². The lowest BCUT2D eigenvalue weighted by Crippen LogP contribution is -2.68. The van der Waals surface area contributed by atoms with Crippen LogP contribution in [-0.4, -0.2) is 59.8 Å². The Labute approximate surface area is 153 Å². The molecule has 1 aliphatic heterocycles. The van der Waals surface area contributed by atoms with E-state index in [1.54, 1.807) is 6.20 Å². The van der Waals surface area contributed by atoms with E-state index in [0.717, 1.165) is 19.6 Å². The molecule has 3 rings (SSSR count). The van der Waals surface area contributed by atoms with Crippen LogP contribution in [-0.2, 0) is 16.1 Å². The van der Waals surface area contributed by atoms with Crippen molar-refractivity contribution in [3.63, 3.8) is 0 Å². The molecular weight excluding hydrogens is 332 g/mol. The number of likely N-dealkylation sites (tertiary alicyclic amines) is 1. The second-order valence-electron chi connectivity index (χ2n) is 6.76. The van der Waals surface area contributed by atoms with Crippen molar-refractivity contribution in [2.24, 2.45) is 5.73 Å². The van der Waals surface area contributed by atoms with Crippen LogP contribution < -0.4 is 15.8 Å². The number of ether oxygens (including phenoxy) is 1. The maximum Gasteiger partial charge on any atom is 0.219 e. The van der Waals surface area contributed by atoms with E-state index in [-0.39, 0.29) is 0 Å². The standard InChI is InChI=1S/C19H26N4O3/c20-16-17(19(25)18(16)24)22-7-2-5-11-26-15-12-14(6-8-21-15)13-23-9-3-1-4-10-23/h2,5-6,8,12,16-17,22H,1,3-4,7,9-11,13,20H2/b5-2-. The average Bonchev–Trinajstić information content (AvgIpc) is 2.67. The van der Waals surface area contributed by atoms with Crippen LogP contribution in [0.25, 0.3) is 0 Å². The zero-order valence-corrected chi connectivity index (χ0v) is 14.9. The molecule has 26 heavy (non-hydrogen) atoms. The van der Waals surface area contributed by atoms with Crippen LogP contribution in [0.3, 0.4) is 0 Å². The Morgan fingerprint density at radius 1 is 1.23 bits per heavy atom. The highest BCUT2D eigenvalue weighted by Gasteiger charge is 2.46. The Balaban J connectivity index is 1.37. The quantitative estimate of drug-likeness (QED) is 0.514. The lowest BCUT2D eigenvalue weighted by Gasteiger charge is -2.30. The van der Waals surface area contributed by atoms with Gasteiger partial charge >= 0.3 is 0 Å². The van der Waals surface area contributed by atoms with Crippen molar-refractivity contribution in [3.05, 3.63) is 36.0 Å². The Morgan fingerprint density at radius 3 is 2.81 bits per heavy atom. The van der Waals surface area contributed by atoms with Gasteiger partial charge in [0.2, 0.25) is 17.4 Å². The van der Waals surface area contributed by atoms with E-state index in [1.165, 1.54) is 24.8 Å². The first kappa shape index (κ1) is 18.7. The van der Waals surface area contributed by atoms with Crippen LogP contribution in [0.15, 0.2) is 30.5 Å². The fourth-order valence-corrected chi connectivity index (χ4v) is 3.24. The van der Waals surface area contributed by atoms with Gasteiger partial charge in [0.1, 0.15) is 6.61 Å². The van der Waals surface area contributed by atoms with E-state index in [9.17, 15) is 9.59 Å². The second kappa shape index (κ2) is 9.02. The summed E-state index contributed by atoms with van der Waals surface area (Å²) in [5, 5.41) is 2.94. The number of aromatic nitrogens is 1. The van der Waals surface area contributed by atoms with Crippen molar-refractivity contribution < 1.29 is 14.3 Å². The Hall–Kier alpha value is -2.09. The minimum absolute atomic E-state index is 0.394. The molecule has 2 aliphatic rings. The third-order valence-corrected chi connectivity index (χ3v) is 4.79. The molecule has 1 saturated heterocycles. The predicted molar refractivity (Wildman–Crippen MR) is 97.8 cm³/mol. The molecule has 0 bridgehead atoms. The molecule has 2 atom stereocenters. The first-order valence-corrected chi connectivity index (χ1v) is 9.17. The highest BCUT2D eigenvalue weighted by atomic mass is 16.5. The van der Waals surface area contributed by atoms with Gasteiger partial charge in [0.25, 0.3) is 0 Å². The molecule has 2 unspecified atom stereocenters. The smallest absolute Gasteiger partial charge is 0.219 e. The number of hydrogen-bond donors (Lipinski definition) is 2. The molecular formula is C19H26N4O3. The van der Waals surface area contributed by atoms with Crippen molar-refractivity contribution in [2.45, 2.75) is 37.9 Å². The summed E-state index contributed by atoms with van der Waals surface area (Å²) in [6.45, 7) is 4.11. The van der Waals surface area contributed by atoms with E-state index >= 15 is 0 Å². The predicted octanol–water partition coefficient (Wildman–Crippen LogP) is 0.440. The molecule has 1 saturated carbocycles. The molecule has 0 spiro atoms. The lowest BCUT2D eigenvalue weighted by atomic mass is 9.84. The topological polar surface area (TPSA) is 97.5 Å². The number of nitrogens with two attached hydrogens (primary N) is 1. The van der Waals surface area contributed by atoms with Crippen LogP contribution in [0.2, 0.25) is 0 Å². The second-order valence-corrected chi connectivity index (χ2v) is 6.76. The molecule has 1 aromatic heterocycles. The molecule has 1 aromatic rings. The first-order chi connectivity index (χ1) is 12.6. The summed E-state index contributed by atoms with van der Waals surface area (Å²) in [7, 11) is 0. The fourth-order valence-electron chi connectivity index (χ4n) is 3.24. The third-order valence-electron chi connectivity index (χ3n) is 4.79. The van der Waals surface area contributed by atoms with Gasteiger partial charge in [-0.05, 0) is 37.6 Å². The van der Waals surface area contributed by atoms with Crippen LogP contribution in [0.1, 0.15) is 24.8 Å². The highest BCUT2D eigenvalue weighted by Crippen LogP contribution is 2.15. The SMILES string of the molecule is NC1C(=O)C(=O)C1NC/C=C\COc1cc(CN2CCCCC2)ccn1. The van der Waals surface area contributed by atoms with Gasteiger partial charge in [0.05, 0.1) is 12.1 Å². The summed E-state index contributed by atoms with van der Waals surface area (Å²) >= 11 is 0. The monoisotopic (exact) mass is 358 g/mol. The summed E-state index contributed by atoms with van der Waals surface area (Å²) in [5.41, 5.74) is 6.77. The summed E-state index contributed by atoms with van der Waals surface area (Å²) < 4.78 is 5.65. The van der Waals surface area contributed by atoms with E-state index in [4.69, 9.17) is 10.5 Å². The minimum Gasteiger partial charge on any atom is -0.473 e. The third kappa shape index (κ3) is 4.75. The van der Waals surface area contributed by atoms with Gasteiger partial charge < -0.3 is 15.8 Å². The van der Waals surface area contributed by atoms with Gasteiger partial charge in [-0.25, -0.2) is 4.98 Å². The van der Waals surface area contributed by atoms with Crippen LogP contribution in [0, 0.1) is 0 Å². The number of Topliss-reactive ketones (excluding diaryl/α,β-unsaturated/α-hetero) is 2. The number of ketones is 2. The molecule has 3 N–H and O–H groups in total. The van der Waals surface area contributed by atoms with Crippen molar-refractivity contribution in [3.8, 4) is 5.88 Å². The zero-order chi connectivity index (χ0) is 18.4. The lowest BCUT2D eigenvalue weighted by molar-refractivity contribution is -0.146. The van der Waals surface area contributed by atoms with E-state index in [0.29, 0.717) is 19.0 Å². The molecule has 2 fully saturated rings. The zero-order valence-electron chi connectivity index (χ0n) is 14.9. The number of nitrogens with zero attached hydrogens (tertiary/aromatic N) is 2. The molecule has 7 nitrogen and oxygen atoms in total. The van der Waals surface area contributed by atoms with E-state index in [2.05, 4.69) is 15.2 Å². The number of nitrogens with one attached hydrogen (secondary N) is 1. The number of hydrogen-bond acceptors (Lipinski definition) is 7. The average molecular weight is 358 g/mol. The van der Waals surface area contributed by atoms with E-state index in [1.807, 2.05) is 24.3 Å². The number of carbonyl (C=O) groups excluding carboxylic acids is 2. The van der Waals surface area contributed by atoms with Crippen molar-refractivity contribution in [1.82, 2.24) is 15.2 Å². The summed E-state index contributed by atoms with van der Waals surface area (Å²) in [5.74, 6) is -0.318. The fraction of sp³-hybridized carbons (Fsp3) is 0.526. The summed E-state index contributed by atoms with van der Waals surface area (Å²) in [6.07, 6.45) is 9.36. The summed E-state index contributed by atoms with van der Waals surface area (Å²) in [4.78, 5) is 29.1. The number of pyridine rings is 1. The van der Waals surface area contributed by atoms with Crippen LogP contribution >= 0.6 is 0 Å². The van der Waals surface area contributed by atoms with Crippen LogP contribution in [0.4, 0.5) is 0 Å². The maximum absolute atomic E-state index is 11.3. The Bertz CT molecular complexity index is 671. The van der Waals surface area contributed by atoms with Crippen LogP contribution in [0.5, 0.6) is 5.88 Å². The van der Waals surface area contributed by atoms with Gasteiger partial charge in [-0.15, -0.1) is 0 Å². The summed E-state index contributed by atoms with van der Waals surface area (Å²) in [6, 6.07) is 2.75. The first-order valence-electron chi connectivity index (χ1n) is 9.17. The molecule has 140 valence electrons. The minimum atomic E-state index is -0.709. The van der Waals surface area contributed by atoms with Crippen molar-refractivity contribution >= 4 is 11.6 Å². The molecule has 1 aliphatic carbocycles. The van der Waals surface area contributed by atoms with Gasteiger partial charge in [0.15, 0.2) is 0 Å². The molecule has 7 heteroatoms. The number of carbonyl (C=O) groups is 2. The largest absolute Gasteiger partial charge is 0.473 e. The van der Waals surface area contributed by atoms with Gasteiger partial charge in [-0.3, -0.25) is 14.5 Å². The number of rotatable bonds is 8. The molecule has 0 amide bonds. The molecule has 0 radical (unpaired) electrons. The molecule has 0 aromatic carbocycles. The number of piperidine rings is 1. The van der Waals surface area contributed by atoms with E-state index < -0.39 is 23.7 Å². The van der Waals surface area contributed by atoms with Crippen molar-refractivity contribution in [2.75, 3.05) is 26.2 Å². The van der Waals surface area contributed by atoms with Gasteiger partial charge in [-0.2, -0.15) is 0 Å². The Kier molecular flexibility index (Phi) is 6.49.